The van der Waals surface area contributed by atoms with Gasteiger partial charge in [-0.2, -0.15) is 0 Å². The highest BCUT2D eigenvalue weighted by Gasteiger charge is 2.26. The fraction of sp³-hybridized carbons (Fsp3) is 0.737. The zero-order valence-corrected chi connectivity index (χ0v) is 15.3. The van der Waals surface area contributed by atoms with Crippen molar-refractivity contribution in [3.63, 3.8) is 0 Å². The number of aromatic nitrogens is 2. The Labute approximate surface area is 141 Å². The highest BCUT2D eigenvalue weighted by Crippen LogP contribution is 2.22. The minimum absolute atomic E-state index is 0.161. The zero-order chi connectivity index (χ0) is 17.1. The molecule has 4 nitrogen and oxygen atoms in total. The van der Waals surface area contributed by atoms with Crippen LogP contribution in [0.2, 0.25) is 0 Å². The maximum atomic E-state index is 12.7. The molecule has 0 aliphatic carbocycles. The number of hydrogen-bond donors (Lipinski definition) is 0. The van der Waals surface area contributed by atoms with Gasteiger partial charge in [-0.05, 0) is 31.2 Å². The van der Waals surface area contributed by atoms with Gasteiger partial charge in [0.2, 0.25) is 11.9 Å². The van der Waals surface area contributed by atoms with E-state index >= 15 is 0 Å². The van der Waals surface area contributed by atoms with Crippen LogP contribution in [0.15, 0.2) is 12.4 Å². The Balaban J connectivity index is 3.04. The number of hydrogen-bond acceptors (Lipinski definition) is 3. The Hall–Kier alpha value is -1.45. The first-order chi connectivity index (χ1) is 11.2. The van der Waals surface area contributed by atoms with E-state index in [-0.39, 0.29) is 11.9 Å². The van der Waals surface area contributed by atoms with Crippen molar-refractivity contribution in [1.29, 1.82) is 0 Å². The molecule has 0 bridgehead atoms. The maximum absolute atomic E-state index is 12.7. The SMILES string of the molecule is CCCCC(CCCC)N(C(=O)CCC)c1ncc(CC)cn1. The van der Waals surface area contributed by atoms with Crippen LogP contribution < -0.4 is 4.90 Å². The normalized spacial score (nSPS) is 11.0. The van der Waals surface area contributed by atoms with Crippen LogP contribution in [0.25, 0.3) is 0 Å². The molecule has 1 aromatic heterocycles. The van der Waals surface area contributed by atoms with Crippen LogP contribution in [0.3, 0.4) is 0 Å². The smallest absolute Gasteiger partial charge is 0.232 e. The number of carbonyl (C=O) groups excluding carboxylic acids is 1. The summed E-state index contributed by atoms with van der Waals surface area (Å²) in [5, 5.41) is 0. The van der Waals surface area contributed by atoms with Crippen LogP contribution in [0, 0.1) is 0 Å². The van der Waals surface area contributed by atoms with Crippen LogP contribution >= 0.6 is 0 Å². The van der Waals surface area contributed by atoms with Gasteiger partial charge in [0.25, 0.3) is 0 Å². The molecule has 23 heavy (non-hydrogen) atoms. The number of unbranched alkanes of at least 4 members (excludes halogenated alkanes) is 2. The van der Waals surface area contributed by atoms with Crippen molar-refractivity contribution in [3.05, 3.63) is 18.0 Å². The van der Waals surface area contributed by atoms with Crippen molar-refractivity contribution >= 4 is 11.9 Å². The average Bonchev–Trinajstić information content (AvgIpc) is 2.57. The summed E-state index contributed by atoms with van der Waals surface area (Å²) in [7, 11) is 0. The fourth-order valence-corrected chi connectivity index (χ4v) is 2.75. The fourth-order valence-electron chi connectivity index (χ4n) is 2.75. The van der Waals surface area contributed by atoms with Crippen molar-refractivity contribution in [2.24, 2.45) is 0 Å². The Morgan fingerprint density at radius 1 is 1.00 bits per heavy atom. The summed E-state index contributed by atoms with van der Waals surface area (Å²) in [4.78, 5) is 23.6. The highest BCUT2D eigenvalue weighted by atomic mass is 16.2. The molecular weight excluding hydrogens is 286 g/mol. The van der Waals surface area contributed by atoms with Gasteiger partial charge >= 0.3 is 0 Å². The standard InChI is InChI=1S/C19H33N3O/c1-5-9-12-17(13-10-6-2)22(18(23)11-7-3)19-20-14-16(8-4)15-21-19/h14-15,17H,5-13H2,1-4H3. The minimum Gasteiger partial charge on any atom is -0.278 e. The highest BCUT2D eigenvalue weighted by molar-refractivity contribution is 5.92. The van der Waals surface area contributed by atoms with Gasteiger partial charge in [0.05, 0.1) is 0 Å². The molecule has 1 aromatic rings. The van der Waals surface area contributed by atoms with Gasteiger partial charge in [0, 0.05) is 24.9 Å². The third-order valence-corrected chi connectivity index (χ3v) is 4.19. The summed E-state index contributed by atoms with van der Waals surface area (Å²) in [5.74, 6) is 0.742. The Morgan fingerprint density at radius 3 is 2.00 bits per heavy atom. The van der Waals surface area contributed by atoms with Crippen molar-refractivity contribution in [3.8, 4) is 0 Å². The third kappa shape index (κ3) is 6.28. The number of anilines is 1. The summed E-state index contributed by atoms with van der Waals surface area (Å²) >= 11 is 0. The van der Waals surface area contributed by atoms with Gasteiger partial charge in [-0.15, -0.1) is 0 Å². The third-order valence-electron chi connectivity index (χ3n) is 4.19. The predicted octanol–water partition coefficient (Wildman–Crippen LogP) is 4.92. The predicted molar refractivity (Wildman–Crippen MR) is 96.6 cm³/mol. The second-order valence-electron chi connectivity index (χ2n) is 6.20. The molecule has 0 radical (unpaired) electrons. The lowest BCUT2D eigenvalue weighted by Crippen LogP contribution is -2.41. The van der Waals surface area contributed by atoms with E-state index in [9.17, 15) is 4.79 Å². The number of nitrogens with zero attached hydrogens (tertiary/aromatic N) is 3. The summed E-state index contributed by atoms with van der Waals surface area (Å²) in [5.41, 5.74) is 1.11. The molecule has 0 aromatic carbocycles. The van der Waals surface area contributed by atoms with Crippen LogP contribution in [-0.4, -0.2) is 21.9 Å². The van der Waals surface area contributed by atoms with Crippen LogP contribution in [-0.2, 0) is 11.2 Å². The Bertz CT molecular complexity index is 436. The van der Waals surface area contributed by atoms with Crippen molar-refractivity contribution in [2.45, 2.75) is 91.5 Å². The summed E-state index contributed by atoms with van der Waals surface area (Å²) in [6.45, 7) is 8.52. The molecule has 0 unspecified atom stereocenters. The first-order valence-electron chi connectivity index (χ1n) is 9.30. The largest absolute Gasteiger partial charge is 0.278 e. The van der Waals surface area contributed by atoms with E-state index in [0.29, 0.717) is 12.4 Å². The first-order valence-corrected chi connectivity index (χ1v) is 9.30. The molecule has 0 N–H and O–H groups in total. The zero-order valence-electron chi connectivity index (χ0n) is 15.3. The van der Waals surface area contributed by atoms with E-state index in [1.54, 1.807) is 0 Å². The van der Waals surface area contributed by atoms with Crippen LogP contribution in [0.5, 0.6) is 0 Å². The van der Waals surface area contributed by atoms with E-state index in [1.165, 1.54) is 0 Å². The number of aryl methyl sites for hydroxylation is 1. The lowest BCUT2D eigenvalue weighted by atomic mass is 10.0. The van der Waals surface area contributed by atoms with Crippen molar-refractivity contribution < 1.29 is 4.79 Å². The van der Waals surface area contributed by atoms with E-state index in [0.717, 1.165) is 56.9 Å². The van der Waals surface area contributed by atoms with Gasteiger partial charge in [-0.1, -0.05) is 53.4 Å². The second kappa shape index (κ2) is 11.1. The molecule has 0 fully saturated rings. The van der Waals surface area contributed by atoms with Gasteiger partial charge in [0.15, 0.2) is 0 Å². The molecule has 0 saturated heterocycles. The topological polar surface area (TPSA) is 46.1 Å². The quantitative estimate of drug-likeness (QED) is 0.581. The lowest BCUT2D eigenvalue weighted by molar-refractivity contribution is -0.119. The van der Waals surface area contributed by atoms with E-state index in [4.69, 9.17) is 0 Å². The Kier molecular flexibility index (Phi) is 9.49. The molecule has 130 valence electrons. The van der Waals surface area contributed by atoms with E-state index in [1.807, 2.05) is 24.2 Å². The Morgan fingerprint density at radius 2 is 1.57 bits per heavy atom. The monoisotopic (exact) mass is 319 g/mol. The van der Waals surface area contributed by atoms with Crippen LogP contribution in [0.1, 0.15) is 84.6 Å². The van der Waals surface area contributed by atoms with E-state index < -0.39 is 0 Å². The number of rotatable bonds is 11. The molecule has 1 amide bonds. The molecular formula is C19H33N3O. The molecule has 1 heterocycles. The van der Waals surface area contributed by atoms with E-state index in [2.05, 4.69) is 30.7 Å². The molecule has 1 rings (SSSR count). The average molecular weight is 319 g/mol. The number of carbonyl (C=O) groups is 1. The van der Waals surface area contributed by atoms with Gasteiger partial charge in [0.1, 0.15) is 0 Å². The molecule has 4 heteroatoms. The molecule has 0 atom stereocenters. The summed E-state index contributed by atoms with van der Waals surface area (Å²) in [6.07, 6.45) is 12.7. The molecule has 0 spiro atoms. The van der Waals surface area contributed by atoms with Crippen LogP contribution in [0.4, 0.5) is 5.95 Å². The minimum atomic E-state index is 0.161. The lowest BCUT2D eigenvalue weighted by Gasteiger charge is -2.30. The van der Waals surface area contributed by atoms with Gasteiger partial charge in [-0.25, -0.2) is 9.97 Å². The first kappa shape index (κ1) is 19.6. The summed E-state index contributed by atoms with van der Waals surface area (Å²) < 4.78 is 0. The maximum Gasteiger partial charge on any atom is 0.232 e. The summed E-state index contributed by atoms with van der Waals surface area (Å²) in [6, 6.07) is 0.224. The number of amides is 1. The van der Waals surface area contributed by atoms with Crippen molar-refractivity contribution in [1.82, 2.24) is 9.97 Å². The molecule has 0 aliphatic heterocycles. The second-order valence-corrected chi connectivity index (χ2v) is 6.20. The molecule has 0 aliphatic rings. The van der Waals surface area contributed by atoms with Gasteiger partial charge < -0.3 is 0 Å². The van der Waals surface area contributed by atoms with Gasteiger partial charge in [-0.3, -0.25) is 9.69 Å². The van der Waals surface area contributed by atoms with Crippen molar-refractivity contribution in [2.75, 3.05) is 4.90 Å². The molecule has 0 saturated carbocycles.